The van der Waals surface area contributed by atoms with Gasteiger partial charge in [0.05, 0.1) is 22.6 Å². The summed E-state index contributed by atoms with van der Waals surface area (Å²) in [5, 5.41) is 0. The van der Waals surface area contributed by atoms with Crippen LogP contribution >= 0.6 is 11.3 Å². The molecule has 0 radical (unpaired) electrons. The molecule has 0 saturated heterocycles. The molecule has 1 aromatic carbocycles. The number of fused-ring (bicyclic) bond motifs is 1. The molecule has 0 amide bonds. The first-order valence-electron chi connectivity index (χ1n) is 5.29. The fraction of sp³-hybridized carbons (Fsp3) is 0.364. The first-order valence-corrected chi connectivity index (χ1v) is 7.76. The van der Waals surface area contributed by atoms with E-state index in [0.29, 0.717) is 6.61 Å². The topological polar surface area (TPSA) is 56.3 Å². The van der Waals surface area contributed by atoms with Gasteiger partial charge in [-0.05, 0) is 19.1 Å². The Bertz CT molecular complexity index is 571. The average molecular weight is 271 g/mol. The number of nitrogens with zero attached hydrogens (tertiary/aromatic N) is 1. The van der Waals surface area contributed by atoms with Crippen LogP contribution < -0.4 is 0 Å². The zero-order chi connectivity index (χ0) is 12.3. The highest BCUT2D eigenvalue weighted by Gasteiger charge is 2.19. The third-order valence-corrected chi connectivity index (χ3v) is 5.41. The number of hydrogen-bond donors (Lipinski definition) is 0. The third-order valence-electron chi connectivity index (χ3n) is 2.24. The van der Waals surface area contributed by atoms with Crippen LogP contribution in [0.2, 0.25) is 0 Å². The van der Waals surface area contributed by atoms with Gasteiger partial charge in [0.2, 0.25) is 14.2 Å². The van der Waals surface area contributed by atoms with Crippen molar-refractivity contribution < 1.29 is 13.2 Å². The number of sulfone groups is 1. The molecule has 17 heavy (non-hydrogen) atoms. The quantitative estimate of drug-likeness (QED) is 0.782. The van der Waals surface area contributed by atoms with E-state index in [0.717, 1.165) is 10.2 Å². The predicted octanol–water partition coefficient (Wildman–Crippen LogP) is 2.11. The summed E-state index contributed by atoms with van der Waals surface area (Å²) in [5.41, 5.74) is 0.729. The van der Waals surface area contributed by atoms with Gasteiger partial charge in [0.1, 0.15) is 0 Å². The number of thiazole rings is 1. The fourth-order valence-electron chi connectivity index (χ4n) is 1.38. The Morgan fingerprint density at radius 1 is 1.35 bits per heavy atom. The summed E-state index contributed by atoms with van der Waals surface area (Å²) in [4.78, 5) is 4.14. The molecule has 1 heterocycles. The first-order chi connectivity index (χ1) is 8.13. The summed E-state index contributed by atoms with van der Waals surface area (Å²) in [6.45, 7) is 2.58. The summed E-state index contributed by atoms with van der Waals surface area (Å²) in [5.74, 6) is -0.0132. The standard InChI is InChI=1S/C11H13NO3S2/c1-2-15-7-8-17(13,14)11-12-9-5-3-4-6-10(9)16-11/h3-6H,2,7-8H2,1H3. The molecule has 4 nitrogen and oxygen atoms in total. The Hall–Kier alpha value is -0.980. The third kappa shape index (κ3) is 2.83. The number of rotatable bonds is 5. The lowest BCUT2D eigenvalue weighted by Crippen LogP contribution is -2.12. The van der Waals surface area contributed by atoms with Crippen LogP contribution in [0.15, 0.2) is 28.6 Å². The molecule has 0 unspecified atom stereocenters. The lowest BCUT2D eigenvalue weighted by atomic mass is 10.3. The van der Waals surface area contributed by atoms with Crippen molar-refractivity contribution in [1.29, 1.82) is 0 Å². The van der Waals surface area contributed by atoms with E-state index in [1.165, 1.54) is 11.3 Å². The van der Waals surface area contributed by atoms with Crippen molar-refractivity contribution in [2.45, 2.75) is 11.3 Å². The summed E-state index contributed by atoms with van der Waals surface area (Å²) in [6, 6.07) is 7.40. The SMILES string of the molecule is CCOCCS(=O)(=O)c1nc2ccccc2s1. The molecular weight excluding hydrogens is 258 g/mol. The molecule has 92 valence electrons. The molecule has 0 N–H and O–H groups in total. The Morgan fingerprint density at radius 2 is 2.12 bits per heavy atom. The minimum Gasteiger partial charge on any atom is -0.381 e. The Kier molecular flexibility index (Phi) is 3.76. The van der Waals surface area contributed by atoms with Crippen molar-refractivity contribution in [3.8, 4) is 0 Å². The Balaban J connectivity index is 2.26. The van der Waals surface area contributed by atoms with Crippen LogP contribution in [0.5, 0.6) is 0 Å². The highest BCUT2D eigenvalue weighted by molar-refractivity contribution is 7.93. The summed E-state index contributed by atoms with van der Waals surface area (Å²) >= 11 is 1.21. The zero-order valence-electron chi connectivity index (χ0n) is 9.42. The van der Waals surface area contributed by atoms with Crippen molar-refractivity contribution in [3.63, 3.8) is 0 Å². The van der Waals surface area contributed by atoms with Gasteiger partial charge in [0.25, 0.3) is 0 Å². The number of benzene rings is 1. The molecule has 0 bridgehead atoms. The van der Waals surface area contributed by atoms with Crippen LogP contribution in [0.4, 0.5) is 0 Å². The highest BCUT2D eigenvalue weighted by atomic mass is 32.2. The van der Waals surface area contributed by atoms with E-state index in [1.807, 2.05) is 31.2 Å². The number of para-hydroxylation sites is 1. The lowest BCUT2D eigenvalue weighted by Gasteiger charge is -2.00. The molecule has 1 aromatic heterocycles. The van der Waals surface area contributed by atoms with Gasteiger partial charge in [0.15, 0.2) is 0 Å². The molecule has 0 fully saturated rings. The molecule has 0 aliphatic carbocycles. The van der Waals surface area contributed by atoms with E-state index in [2.05, 4.69) is 4.98 Å². The lowest BCUT2D eigenvalue weighted by molar-refractivity contribution is 0.163. The monoisotopic (exact) mass is 271 g/mol. The van der Waals surface area contributed by atoms with Crippen LogP contribution in [-0.4, -0.2) is 32.4 Å². The second-order valence-electron chi connectivity index (χ2n) is 3.46. The minimum atomic E-state index is -3.31. The number of hydrogen-bond acceptors (Lipinski definition) is 5. The molecule has 0 saturated carbocycles. The van der Waals surface area contributed by atoms with Crippen LogP contribution in [0.1, 0.15) is 6.92 Å². The Morgan fingerprint density at radius 3 is 2.82 bits per heavy atom. The van der Waals surface area contributed by atoms with Gasteiger partial charge in [0, 0.05) is 6.61 Å². The average Bonchev–Trinajstić information content (AvgIpc) is 2.73. The van der Waals surface area contributed by atoms with Gasteiger partial charge >= 0.3 is 0 Å². The van der Waals surface area contributed by atoms with E-state index in [-0.39, 0.29) is 16.7 Å². The largest absolute Gasteiger partial charge is 0.381 e. The van der Waals surface area contributed by atoms with Gasteiger partial charge in [-0.3, -0.25) is 0 Å². The summed E-state index contributed by atoms with van der Waals surface area (Å²) < 4.78 is 30.0. The molecule has 0 spiro atoms. The van der Waals surface area contributed by atoms with Crippen LogP contribution in [-0.2, 0) is 14.6 Å². The van der Waals surface area contributed by atoms with Crippen molar-refractivity contribution in [1.82, 2.24) is 4.98 Å². The predicted molar refractivity (Wildman–Crippen MR) is 68.2 cm³/mol. The van der Waals surface area contributed by atoms with E-state index in [9.17, 15) is 8.42 Å². The molecule has 2 aromatic rings. The normalized spacial score (nSPS) is 12.1. The second kappa shape index (κ2) is 5.12. The maximum atomic E-state index is 11.9. The Labute approximate surface area is 104 Å². The summed E-state index contributed by atoms with van der Waals surface area (Å²) in [7, 11) is -3.31. The van der Waals surface area contributed by atoms with Crippen LogP contribution in [0.25, 0.3) is 10.2 Å². The van der Waals surface area contributed by atoms with Crippen molar-refractivity contribution >= 4 is 31.4 Å². The number of ether oxygens (including phenoxy) is 1. The van der Waals surface area contributed by atoms with E-state index in [1.54, 1.807) is 0 Å². The van der Waals surface area contributed by atoms with Crippen molar-refractivity contribution in [2.75, 3.05) is 19.0 Å². The van der Waals surface area contributed by atoms with Crippen molar-refractivity contribution in [3.05, 3.63) is 24.3 Å². The van der Waals surface area contributed by atoms with Gasteiger partial charge < -0.3 is 4.74 Å². The maximum absolute atomic E-state index is 11.9. The van der Waals surface area contributed by atoms with Crippen LogP contribution in [0, 0.1) is 0 Å². The summed E-state index contributed by atoms with van der Waals surface area (Å²) in [6.07, 6.45) is 0. The van der Waals surface area contributed by atoms with Crippen LogP contribution in [0.3, 0.4) is 0 Å². The second-order valence-corrected chi connectivity index (χ2v) is 6.78. The molecule has 0 aliphatic heterocycles. The fourth-order valence-corrected chi connectivity index (χ4v) is 3.86. The van der Waals surface area contributed by atoms with Gasteiger partial charge in [-0.25, -0.2) is 13.4 Å². The molecule has 2 rings (SSSR count). The van der Waals surface area contributed by atoms with Gasteiger partial charge in [-0.2, -0.15) is 0 Å². The smallest absolute Gasteiger partial charge is 0.210 e. The highest BCUT2D eigenvalue weighted by Crippen LogP contribution is 2.25. The molecule has 0 aliphatic rings. The van der Waals surface area contributed by atoms with E-state index in [4.69, 9.17) is 4.74 Å². The first kappa shape index (κ1) is 12.5. The molecular formula is C11H13NO3S2. The zero-order valence-corrected chi connectivity index (χ0v) is 11.1. The van der Waals surface area contributed by atoms with Gasteiger partial charge in [-0.15, -0.1) is 11.3 Å². The van der Waals surface area contributed by atoms with E-state index >= 15 is 0 Å². The molecule has 0 atom stereocenters. The number of aromatic nitrogens is 1. The van der Waals surface area contributed by atoms with Crippen molar-refractivity contribution in [2.24, 2.45) is 0 Å². The maximum Gasteiger partial charge on any atom is 0.210 e. The molecule has 6 heteroatoms. The van der Waals surface area contributed by atoms with Gasteiger partial charge in [-0.1, -0.05) is 12.1 Å². The minimum absolute atomic E-state index is 0.0132. The van der Waals surface area contributed by atoms with E-state index < -0.39 is 9.84 Å².